The largest absolute Gasteiger partial charge is 0.608 e. The van der Waals surface area contributed by atoms with Gasteiger partial charge in [-0.15, -0.1) is 10.7 Å². The third-order valence-corrected chi connectivity index (χ3v) is 2.26. The molecule has 0 unspecified atom stereocenters. The van der Waals surface area contributed by atoms with E-state index in [0.29, 0.717) is 0 Å². The minimum atomic E-state index is -3.66. The SMILES string of the molecule is C=CCCS(=O)(=O)[N+](=C)[O-]. The maximum atomic E-state index is 10.6. The predicted molar refractivity (Wildman–Crippen MR) is 39.3 cm³/mol. The summed E-state index contributed by atoms with van der Waals surface area (Å²) >= 11 is 0. The summed E-state index contributed by atoms with van der Waals surface area (Å²) < 4.78 is 20.9. The number of hydrogen-bond acceptors (Lipinski definition) is 3. The van der Waals surface area contributed by atoms with Crippen LogP contribution in [0.4, 0.5) is 0 Å². The van der Waals surface area contributed by atoms with Crippen LogP contribution in [0.25, 0.3) is 0 Å². The molecule has 0 rings (SSSR count). The van der Waals surface area contributed by atoms with Gasteiger partial charge in [0.15, 0.2) is 6.72 Å². The lowest BCUT2D eigenvalue weighted by Crippen LogP contribution is -2.16. The number of rotatable bonds is 4. The van der Waals surface area contributed by atoms with Gasteiger partial charge in [0, 0.05) is 0 Å². The van der Waals surface area contributed by atoms with Crippen molar-refractivity contribution in [3.05, 3.63) is 17.9 Å². The average Bonchev–Trinajstić information content (AvgIpc) is 1.84. The zero-order valence-electron chi connectivity index (χ0n) is 5.49. The van der Waals surface area contributed by atoms with Gasteiger partial charge in [-0.2, -0.15) is 8.42 Å². The number of nitrogens with zero attached hydrogens (tertiary/aromatic N) is 1. The molecule has 10 heavy (non-hydrogen) atoms. The van der Waals surface area contributed by atoms with E-state index in [9.17, 15) is 13.6 Å². The number of hydrogen-bond donors (Lipinski definition) is 0. The second-order valence-electron chi connectivity index (χ2n) is 1.70. The van der Waals surface area contributed by atoms with E-state index in [1.165, 1.54) is 6.08 Å². The van der Waals surface area contributed by atoms with E-state index in [-0.39, 0.29) is 16.3 Å². The van der Waals surface area contributed by atoms with Crippen LogP contribution in [0.5, 0.6) is 0 Å². The fourth-order valence-electron chi connectivity index (χ4n) is 0.334. The molecule has 0 radical (unpaired) electrons. The highest BCUT2D eigenvalue weighted by atomic mass is 32.2. The smallest absolute Gasteiger partial charge is 0.374 e. The van der Waals surface area contributed by atoms with E-state index in [2.05, 4.69) is 13.3 Å². The standard InChI is InChI=1S/C5H9NO3S/c1-3-4-5-10(8,9)6(2)7/h3H,1-2,4-5H2. The van der Waals surface area contributed by atoms with Gasteiger partial charge in [0.2, 0.25) is 0 Å². The summed E-state index contributed by atoms with van der Waals surface area (Å²) in [5.74, 6) is -0.219. The molecule has 0 saturated heterocycles. The van der Waals surface area contributed by atoms with Crippen LogP contribution in [-0.4, -0.2) is 25.0 Å². The van der Waals surface area contributed by atoms with Crippen LogP contribution in [-0.2, 0) is 10.0 Å². The first-order chi connectivity index (χ1) is 4.50. The molecule has 58 valence electrons. The van der Waals surface area contributed by atoms with Gasteiger partial charge in [-0.3, -0.25) is 0 Å². The molecule has 0 saturated carbocycles. The molecule has 0 spiro atoms. The Morgan fingerprint density at radius 1 is 1.60 bits per heavy atom. The lowest BCUT2D eigenvalue weighted by Gasteiger charge is -1.98. The summed E-state index contributed by atoms with van der Waals surface area (Å²) in [7, 11) is -3.66. The van der Waals surface area contributed by atoms with Crippen molar-refractivity contribution in [1.29, 1.82) is 0 Å². The van der Waals surface area contributed by atoms with Gasteiger partial charge < -0.3 is 5.21 Å². The van der Waals surface area contributed by atoms with Crippen molar-refractivity contribution in [2.75, 3.05) is 5.75 Å². The van der Waals surface area contributed by atoms with E-state index in [1.807, 2.05) is 0 Å². The normalized spacial score (nSPS) is 10.8. The van der Waals surface area contributed by atoms with Gasteiger partial charge in [0.25, 0.3) is 0 Å². The van der Waals surface area contributed by atoms with Crippen LogP contribution >= 0.6 is 0 Å². The van der Waals surface area contributed by atoms with Crippen LogP contribution in [0.2, 0.25) is 0 Å². The monoisotopic (exact) mass is 163 g/mol. The molecule has 5 heteroatoms. The van der Waals surface area contributed by atoms with Gasteiger partial charge in [-0.05, 0) is 6.42 Å². The zero-order chi connectivity index (χ0) is 8.20. The van der Waals surface area contributed by atoms with Crippen molar-refractivity contribution in [3.63, 3.8) is 0 Å². The Morgan fingerprint density at radius 3 is 2.40 bits per heavy atom. The van der Waals surface area contributed by atoms with Crippen molar-refractivity contribution >= 4 is 16.7 Å². The van der Waals surface area contributed by atoms with E-state index >= 15 is 0 Å². The minimum absolute atomic E-state index is 0.219. The molecule has 0 aromatic carbocycles. The van der Waals surface area contributed by atoms with Crippen LogP contribution in [0.15, 0.2) is 12.7 Å². The fourth-order valence-corrected chi connectivity index (χ4v) is 1.00. The summed E-state index contributed by atoms with van der Waals surface area (Å²) in [6.45, 7) is 6.04. The van der Waals surface area contributed by atoms with Crippen molar-refractivity contribution in [2.45, 2.75) is 6.42 Å². The quantitative estimate of drug-likeness (QED) is 0.194. The van der Waals surface area contributed by atoms with Crippen LogP contribution in [0.3, 0.4) is 0 Å². The number of allylic oxidation sites excluding steroid dienone is 1. The number of sulfonamides is 1. The Balaban J connectivity index is 4.16. The Kier molecular flexibility index (Phi) is 3.08. The maximum absolute atomic E-state index is 10.6. The van der Waals surface area contributed by atoms with Crippen LogP contribution < -0.4 is 0 Å². The lowest BCUT2D eigenvalue weighted by atomic mass is 10.5. The molecule has 0 N–H and O–H groups in total. The highest BCUT2D eigenvalue weighted by Crippen LogP contribution is 1.93. The van der Waals surface area contributed by atoms with Crippen LogP contribution in [0.1, 0.15) is 6.42 Å². The van der Waals surface area contributed by atoms with Gasteiger partial charge in [0.05, 0.1) is 0 Å². The summed E-state index contributed by atoms with van der Waals surface area (Å²) in [6, 6.07) is 0. The molecule has 0 aromatic rings. The Morgan fingerprint density at radius 2 is 2.10 bits per heavy atom. The van der Waals surface area contributed by atoms with Crippen molar-refractivity contribution in [1.82, 2.24) is 0 Å². The predicted octanol–water partition coefficient (Wildman–Crippen LogP) is 0.103. The van der Waals surface area contributed by atoms with Gasteiger partial charge in [0.1, 0.15) is 5.75 Å². The fraction of sp³-hybridized carbons (Fsp3) is 0.400. The Hall–Kier alpha value is -0.840. The highest BCUT2D eigenvalue weighted by Gasteiger charge is 2.14. The van der Waals surface area contributed by atoms with Gasteiger partial charge in [-0.1, -0.05) is 6.08 Å². The molecule has 0 aliphatic rings. The minimum Gasteiger partial charge on any atom is -0.608 e. The average molecular weight is 163 g/mol. The molecule has 0 aliphatic heterocycles. The molecule has 0 aromatic heterocycles. The van der Waals surface area contributed by atoms with E-state index in [0.717, 1.165) is 0 Å². The van der Waals surface area contributed by atoms with Crippen molar-refractivity contribution < 1.29 is 12.6 Å². The third kappa shape index (κ3) is 2.63. The van der Waals surface area contributed by atoms with Crippen molar-refractivity contribution in [2.24, 2.45) is 0 Å². The second kappa shape index (κ2) is 3.36. The molecule has 0 atom stereocenters. The Bertz CT molecular complexity index is 229. The molecule has 0 heterocycles. The first-order valence-electron chi connectivity index (χ1n) is 2.62. The van der Waals surface area contributed by atoms with E-state index in [1.54, 1.807) is 0 Å². The molecular formula is C5H9NO3S. The first kappa shape index (κ1) is 9.16. The molecule has 0 amide bonds. The molecular weight excluding hydrogens is 154 g/mol. The summed E-state index contributed by atoms with van der Waals surface area (Å²) in [4.78, 5) is 0. The van der Waals surface area contributed by atoms with Gasteiger partial charge in [-0.25, -0.2) is 0 Å². The lowest BCUT2D eigenvalue weighted by molar-refractivity contribution is -0.268. The molecule has 0 fully saturated rings. The molecule has 0 bridgehead atoms. The molecule has 0 aliphatic carbocycles. The van der Waals surface area contributed by atoms with Crippen LogP contribution in [0, 0.1) is 5.21 Å². The summed E-state index contributed by atoms with van der Waals surface area (Å²) in [5.41, 5.74) is 0. The topological polar surface area (TPSA) is 60.2 Å². The summed E-state index contributed by atoms with van der Waals surface area (Å²) in [5, 5.41) is 10.2. The third-order valence-electron chi connectivity index (χ3n) is 0.890. The zero-order valence-corrected chi connectivity index (χ0v) is 6.30. The van der Waals surface area contributed by atoms with E-state index in [4.69, 9.17) is 0 Å². The summed E-state index contributed by atoms with van der Waals surface area (Å²) in [6.07, 6.45) is 1.71. The maximum Gasteiger partial charge on any atom is 0.374 e. The highest BCUT2D eigenvalue weighted by molar-refractivity contribution is 7.85. The van der Waals surface area contributed by atoms with Gasteiger partial charge >= 0.3 is 10.0 Å². The molecule has 4 nitrogen and oxygen atoms in total. The Labute approximate surface area is 60.1 Å². The van der Waals surface area contributed by atoms with E-state index < -0.39 is 10.0 Å². The first-order valence-corrected chi connectivity index (χ1v) is 4.23. The second-order valence-corrected chi connectivity index (χ2v) is 3.68. The van der Waals surface area contributed by atoms with Crippen molar-refractivity contribution in [3.8, 4) is 0 Å².